The Morgan fingerprint density at radius 1 is 1.29 bits per heavy atom. The third-order valence-electron chi connectivity index (χ3n) is 2.76. The van der Waals surface area contributed by atoms with Crippen molar-refractivity contribution in [2.75, 3.05) is 0 Å². The smallest absolute Gasteiger partial charge is 0.123 e. The quantitative estimate of drug-likeness (QED) is 0.670. The molecular weight excluding hydrogens is 175 g/mol. The molecule has 0 fully saturated rings. The van der Waals surface area contributed by atoms with E-state index in [-0.39, 0.29) is 11.2 Å². The molecule has 0 radical (unpaired) electrons. The molecule has 0 aliphatic rings. The number of benzene rings is 1. The normalized spacial score (nSPS) is 11.7. The Hall–Kier alpha value is -0.850. The van der Waals surface area contributed by atoms with Crippen LogP contribution in [-0.4, -0.2) is 0 Å². The number of unbranched alkanes of at least 4 members (excludes halogenated alkanes) is 1. The molecule has 0 aromatic heterocycles. The molecule has 0 unspecified atom stereocenters. The Balaban J connectivity index is 2.80. The fourth-order valence-corrected chi connectivity index (χ4v) is 1.67. The van der Waals surface area contributed by atoms with E-state index in [2.05, 4.69) is 20.8 Å². The zero-order valence-electron chi connectivity index (χ0n) is 9.31. The van der Waals surface area contributed by atoms with Crippen molar-refractivity contribution in [3.63, 3.8) is 0 Å². The highest BCUT2D eigenvalue weighted by Crippen LogP contribution is 2.29. The lowest BCUT2D eigenvalue weighted by Gasteiger charge is -2.25. The summed E-state index contributed by atoms with van der Waals surface area (Å²) >= 11 is 0. The number of halogens is 1. The summed E-state index contributed by atoms with van der Waals surface area (Å²) in [4.78, 5) is 0. The van der Waals surface area contributed by atoms with Crippen molar-refractivity contribution < 1.29 is 4.39 Å². The molecule has 1 aromatic rings. The van der Waals surface area contributed by atoms with Gasteiger partial charge in [-0.3, -0.25) is 0 Å². The Bertz CT molecular complexity index is 289. The number of hydrogen-bond acceptors (Lipinski definition) is 0. The molecule has 14 heavy (non-hydrogen) atoms. The van der Waals surface area contributed by atoms with Gasteiger partial charge in [0.1, 0.15) is 5.82 Å². The van der Waals surface area contributed by atoms with Gasteiger partial charge in [-0.2, -0.15) is 0 Å². The second kappa shape index (κ2) is 4.59. The lowest BCUT2D eigenvalue weighted by molar-refractivity contribution is 0.454. The van der Waals surface area contributed by atoms with Gasteiger partial charge in [0.15, 0.2) is 0 Å². The molecule has 0 nitrogen and oxygen atoms in total. The first-order valence-electron chi connectivity index (χ1n) is 5.32. The first-order valence-corrected chi connectivity index (χ1v) is 5.32. The SMILES string of the molecule is CCCCC(C)(C)c1cccc(F)c1. The van der Waals surface area contributed by atoms with Gasteiger partial charge in [0.25, 0.3) is 0 Å². The topological polar surface area (TPSA) is 0 Å². The molecule has 0 atom stereocenters. The average molecular weight is 194 g/mol. The maximum Gasteiger partial charge on any atom is 0.123 e. The van der Waals surface area contributed by atoms with E-state index in [1.54, 1.807) is 12.1 Å². The Labute approximate surface area is 86.2 Å². The molecule has 1 aromatic carbocycles. The largest absolute Gasteiger partial charge is 0.207 e. The first kappa shape index (κ1) is 11.2. The highest BCUT2D eigenvalue weighted by atomic mass is 19.1. The van der Waals surface area contributed by atoms with Crippen molar-refractivity contribution in [2.45, 2.75) is 45.4 Å². The zero-order chi connectivity index (χ0) is 10.6. The van der Waals surface area contributed by atoms with Gasteiger partial charge in [-0.05, 0) is 29.5 Å². The summed E-state index contributed by atoms with van der Waals surface area (Å²) in [6.07, 6.45) is 3.51. The number of hydrogen-bond donors (Lipinski definition) is 0. The molecule has 0 saturated carbocycles. The van der Waals surface area contributed by atoms with Gasteiger partial charge in [-0.1, -0.05) is 45.7 Å². The molecule has 0 amide bonds. The van der Waals surface area contributed by atoms with Crippen LogP contribution in [0.25, 0.3) is 0 Å². The Kier molecular flexibility index (Phi) is 3.68. The summed E-state index contributed by atoms with van der Waals surface area (Å²) in [5.74, 6) is -0.132. The summed E-state index contributed by atoms with van der Waals surface area (Å²) in [6, 6.07) is 6.95. The van der Waals surface area contributed by atoms with Gasteiger partial charge in [0, 0.05) is 0 Å². The van der Waals surface area contributed by atoms with Crippen LogP contribution in [0.15, 0.2) is 24.3 Å². The second-order valence-corrected chi connectivity index (χ2v) is 4.50. The molecule has 0 N–H and O–H groups in total. The molecular formula is C13H19F. The van der Waals surface area contributed by atoms with Crippen molar-refractivity contribution >= 4 is 0 Å². The van der Waals surface area contributed by atoms with Crippen LogP contribution in [-0.2, 0) is 5.41 Å². The summed E-state index contributed by atoms with van der Waals surface area (Å²) < 4.78 is 13.0. The minimum atomic E-state index is -0.132. The minimum Gasteiger partial charge on any atom is -0.207 e. The summed E-state index contributed by atoms with van der Waals surface area (Å²) in [6.45, 7) is 6.54. The van der Waals surface area contributed by atoms with E-state index in [4.69, 9.17) is 0 Å². The zero-order valence-corrected chi connectivity index (χ0v) is 9.31. The molecule has 0 spiro atoms. The van der Waals surface area contributed by atoms with Crippen LogP contribution in [0.4, 0.5) is 4.39 Å². The fourth-order valence-electron chi connectivity index (χ4n) is 1.67. The standard InChI is InChI=1S/C13H19F/c1-4-5-9-13(2,3)11-7-6-8-12(14)10-11/h6-8,10H,4-5,9H2,1-3H3. The van der Waals surface area contributed by atoms with E-state index < -0.39 is 0 Å². The molecule has 0 aliphatic heterocycles. The number of rotatable bonds is 4. The van der Waals surface area contributed by atoms with Gasteiger partial charge in [0.05, 0.1) is 0 Å². The van der Waals surface area contributed by atoms with Crippen LogP contribution in [0.2, 0.25) is 0 Å². The van der Waals surface area contributed by atoms with E-state index in [0.29, 0.717) is 0 Å². The van der Waals surface area contributed by atoms with Crippen molar-refractivity contribution in [1.29, 1.82) is 0 Å². The van der Waals surface area contributed by atoms with Crippen molar-refractivity contribution in [3.05, 3.63) is 35.6 Å². The first-order chi connectivity index (χ1) is 6.56. The van der Waals surface area contributed by atoms with Crippen LogP contribution in [0.5, 0.6) is 0 Å². The van der Waals surface area contributed by atoms with Crippen LogP contribution < -0.4 is 0 Å². The predicted octanol–water partition coefficient (Wildman–Crippen LogP) is 4.29. The van der Waals surface area contributed by atoms with Crippen molar-refractivity contribution in [3.8, 4) is 0 Å². The van der Waals surface area contributed by atoms with E-state index in [0.717, 1.165) is 12.0 Å². The lowest BCUT2D eigenvalue weighted by atomic mass is 9.80. The molecule has 0 saturated heterocycles. The molecule has 1 rings (SSSR count). The Morgan fingerprint density at radius 2 is 2.00 bits per heavy atom. The molecule has 0 bridgehead atoms. The summed E-state index contributed by atoms with van der Waals surface area (Å²) in [5, 5.41) is 0. The van der Waals surface area contributed by atoms with Crippen molar-refractivity contribution in [1.82, 2.24) is 0 Å². The van der Waals surface area contributed by atoms with Gasteiger partial charge < -0.3 is 0 Å². The van der Waals surface area contributed by atoms with Gasteiger partial charge >= 0.3 is 0 Å². The summed E-state index contributed by atoms with van der Waals surface area (Å²) in [5.41, 5.74) is 1.20. The van der Waals surface area contributed by atoms with Crippen molar-refractivity contribution in [2.24, 2.45) is 0 Å². The van der Waals surface area contributed by atoms with Crippen LogP contribution >= 0.6 is 0 Å². The predicted molar refractivity (Wildman–Crippen MR) is 59.0 cm³/mol. The van der Waals surface area contributed by atoms with E-state index in [1.165, 1.54) is 18.9 Å². The monoisotopic (exact) mass is 194 g/mol. The van der Waals surface area contributed by atoms with Gasteiger partial charge in [0.2, 0.25) is 0 Å². The lowest BCUT2D eigenvalue weighted by Crippen LogP contribution is -2.16. The third-order valence-corrected chi connectivity index (χ3v) is 2.76. The van der Waals surface area contributed by atoms with E-state index in [1.807, 2.05) is 6.07 Å². The third kappa shape index (κ3) is 2.83. The van der Waals surface area contributed by atoms with Crippen LogP contribution in [0.3, 0.4) is 0 Å². The maximum atomic E-state index is 13.0. The maximum absolute atomic E-state index is 13.0. The van der Waals surface area contributed by atoms with Gasteiger partial charge in [-0.15, -0.1) is 0 Å². The summed E-state index contributed by atoms with van der Waals surface area (Å²) in [7, 11) is 0. The molecule has 78 valence electrons. The Morgan fingerprint density at radius 3 is 2.57 bits per heavy atom. The van der Waals surface area contributed by atoms with Crippen LogP contribution in [0.1, 0.15) is 45.6 Å². The van der Waals surface area contributed by atoms with Gasteiger partial charge in [-0.25, -0.2) is 4.39 Å². The molecule has 0 aliphatic carbocycles. The fraction of sp³-hybridized carbons (Fsp3) is 0.538. The van der Waals surface area contributed by atoms with E-state index >= 15 is 0 Å². The molecule has 0 heterocycles. The highest BCUT2D eigenvalue weighted by Gasteiger charge is 2.19. The van der Waals surface area contributed by atoms with Crippen LogP contribution in [0, 0.1) is 5.82 Å². The minimum absolute atomic E-state index is 0.0953. The highest BCUT2D eigenvalue weighted by molar-refractivity contribution is 5.24. The second-order valence-electron chi connectivity index (χ2n) is 4.50. The molecule has 1 heteroatoms. The van der Waals surface area contributed by atoms with E-state index in [9.17, 15) is 4.39 Å². The average Bonchev–Trinajstić information content (AvgIpc) is 2.15.